The zero-order valence-corrected chi connectivity index (χ0v) is 28.9. The minimum Gasteiger partial charge on any atom is -0.274 e. The number of imide groups is 2. The van der Waals surface area contributed by atoms with E-state index in [9.17, 15) is 19.2 Å². The van der Waals surface area contributed by atoms with Gasteiger partial charge in [0.2, 0.25) is 0 Å². The third kappa shape index (κ3) is 5.54. The minimum atomic E-state index is -0.376. The highest BCUT2D eigenvalue weighted by Crippen LogP contribution is 2.64. The van der Waals surface area contributed by atoms with Crippen LogP contribution >= 0.6 is 82.3 Å². The van der Waals surface area contributed by atoms with Crippen molar-refractivity contribution in [2.75, 3.05) is 30.3 Å². The van der Waals surface area contributed by atoms with Crippen LogP contribution < -0.4 is 0 Å². The van der Waals surface area contributed by atoms with E-state index in [0.29, 0.717) is 45.3 Å². The van der Waals surface area contributed by atoms with Gasteiger partial charge in [-0.2, -0.15) is 0 Å². The molecule has 0 atom stereocenters. The van der Waals surface area contributed by atoms with E-state index in [1.807, 2.05) is 47.0 Å². The first kappa shape index (κ1) is 30.3. The van der Waals surface area contributed by atoms with Crippen LogP contribution in [0.1, 0.15) is 74.0 Å². The maximum atomic E-state index is 13.6. The first-order valence-corrected chi connectivity index (χ1v) is 20.3. The van der Waals surface area contributed by atoms with Gasteiger partial charge in [0, 0.05) is 63.4 Å². The molecule has 0 aliphatic carbocycles. The molecule has 0 bridgehead atoms. The Morgan fingerprint density at radius 2 is 1.19 bits per heavy atom. The Bertz CT molecular complexity index is 1610. The van der Waals surface area contributed by atoms with Gasteiger partial charge >= 0.3 is 0 Å². The Balaban J connectivity index is 1.04. The molecule has 222 valence electrons. The molecule has 0 saturated heterocycles. The Labute approximate surface area is 279 Å². The molecular formula is C30H26N2O4S7. The van der Waals surface area contributed by atoms with Crippen LogP contribution in [-0.2, 0) is 0 Å². The summed E-state index contributed by atoms with van der Waals surface area (Å²) < 4.78 is 6.69. The molecule has 0 N–H and O–H groups in total. The number of thioether (sulfide) groups is 7. The summed E-state index contributed by atoms with van der Waals surface area (Å²) in [7, 11) is 0. The van der Waals surface area contributed by atoms with Crippen molar-refractivity contribution < 1.29 is 19.2 Å². The van der Waals surface area contributed by atoms with Gasteiger partial charge in [-0.3, -0.25) is 29.0 Å². The summed E-state index contributed by atoms with van der Waals surface area (Å²) in [6.45, 7) is 2.76. The maximum Gasteiger partial charge on any atom is 0.261 e. The van der Waals surface area contributed by atoms with E-state index in [2.05, 4.69) is 12.3 Å². The molecule has 4 amide bonds. The zero-order valence-electron chi connectivity index (χ0n) is 23.1. The monoisotopic (exact) mass is 702 g/mol. The van der Waals surface area contributed by atoms with E-state index in [-0.39, 0.29) is 30.2 Å². The van der Waals surface area contributed by atoms with E-state index in [1.165, 1.54) is 42.5 Å². The summed E-state index contributed by atoms with van der Waals surface area (Å²) in [6.07, 6.45) is 3.83. The number of hydrogen-bond donors (Lipinski definition) is 0. The van der Waals surface area contributed by atoms with Crippen molar-refractivity contribution in [1.29, 1.82) is 0 Å². The number of carbonyl (C=O) groups is 4. The fraction of sp³-hybridized carbons (Fsp3) is 0.333. The summed E-state index contributed by atoms with van der Waals surface area (Å²) in [6, 6.07) is 6.59. The molecule has 0 saturated carbocycles. The lowest BCUT2D eigenvalue weighted by Crippen LogP contribution is -2.44. The van der Waals surface area contributed by atoms with Crippen LogP contribution in [0.25, 0.3) is 10.8 Å². The highest BCUT2D eigenvalue weighted by molar-refractivity contribution is 8.43. The van der Waals surface area contributed by atoms with Crippen LogP contribution in [0, 0.1) is 0 Å². The summed E-state index contributed by atoms with van der Waals surface area (Å²) in [5.41, 5.74) is 1.51. The smallest absolute Gasteiger partial charge is 0.261 e. The zero-order chi connectivity index (χ0) is 29.7. The Morgan fingerprint density at radius 1 is 0.651 bits per heavy atom. The summed E-state index contributed by atoms with van der Waals surface area (Å²) in [5.74, 6) is 1.46. The molecule has 13 heteroatoms. The quantitative estimate of drug-likeness (QED) is 0.186. The molecule has 0 radical (unpaired) electrons. The van der Waals surface area contributed by atoms with Gasteiger partial charge in [-0.05, 0) is 36.1 Å². The predicted octanol–water partition coefficient (Wildman–Crippen LogP) is 8.84. The fourth-order valence-corrected chi connectivity index (χ4v) is 15.4. The van der Waals surface area contributed by atoms with Crippen molar-refractivity contribution in [2.24, 2.45) is 0 Å². The van der Waals surface area contributed by atoms with Crippen molar-refractivity contribution in [1.82, 2.24) is 9.80 Å². The van der Waals surface area contributed by atoms with E-state index in [4.69, 9.17) is 0 Å². The average molecular weight is 703 g/mol. The molecule has 0 aromatic heterocycles. The van der Waals surface area contributed by atoms with Crippen LogP contribution in [0.5, 0.6) is 0 Å². The van der Waals surface area contributed by atoms with Gasteiger partial charge in [0.1, 0.15) is 0 Å². The van der Waals surface area contributed by atoms with E-state index < -0.39 is 0 Å². The molecule has 0 spiro atoms. The molecule has 0 fully saturated rings. The van der Waals surface area contributed by atoms with Crippen molar-refractivity contribution >= 4 is 117 Å². The Kier molecular flexibility index (Phi) is 9.03. The largest absolute Gasteiger partial charge is 0.274 e. The first-order chi connectivity index (χ1) is 21.0. The highest BCUT2D eigenvalue weighted by Gasteiger charge is 2.39. The van der Waals surface area contributed by atoms with E-state index in [1.54, 1.807) is 59.6 Å². The van der Waals surface area contributed by atoms with Crippen molar-refractivity contribution in [3.05, 3.63) is 73.1 Å². The van der Waals surface area contributed by atoms with Gasteiger partial charge in [-0.25, -0.2) is 0 Å². The summed E-state index contributed by atoms with van der Waals surface area (Å²) in [5, 5.41) is 3.03. The third-order valence-electron chi connectivity index (χ3n) is 7.57. The van der Waals surface area contributed by atoms with E-state index >= 15 is 0 Å². The minimum absolute atomic E-state index is 0.275. The molecule has 5 heterocycles. The number of rotatable bonds is 9. The van der Waals surface area contributed by atoms with Crippen LogP contribution in [-0.4, -0.2) is 63.8 Å². The lowest BCUT2D eigenvalue weighted by atomic mass is 9.86. The average Bonchev–Trinajstić information content (AvgIpc) is 3.67. The van der Waals surface area contributed by atoms with Gasteiger partial charge < -0.3 is 0 Å². The number of amides is 4. The number of nitrogens with zero attached hydrogens (tertiary/aromatic N) is 2. The molecule has 43 heavy (non-hydrogen) atoms. The summed E-state index contributed by atoms with van der Waals surface area (Å²) >= 11 is 12.8. The first-order valence-electron chi connectivity index (χ1n) is 14.1. The van der Waals surface area contributed by atoms with Crippen LogP contribution in [0.3, 0.4) is 0 Å². The standard InChI is InChI=1S/C30H26N2O4S7/c1-2-3-4-5-10-31-23(33)16-6-8-18-22-19(9-7-17(21(16)22)24(31)34)26(36)32(25(18)35)11-12-37-20-15-40-29(41-20)30-42-27-28(43-30)39-14-13-38-27/h6-9,15H,2-5,10-14H2,1H3. The third-order valence-corrected chi connectivity index (χ3v) is 17.6. The van der Waals surface area contributed by atoms with E-state index in [0.717, 1.165) is 25.7 Å². The Hall–Kier alpha value is -1.35. The maximum absolute atomic E-state index is 13.6. The highest BCUT2D eigenvalue weighted by atomic mass is 32.3. The van der Waals surface area contributed by atoms with Crippen LogP contribution in [0.4, 0.5) is 0 Å². The lowest BCUT2D eigenvalue weighted by Gasteiger charge is -2.32. The second-order valence-corrected chi connectivity index (χ2v) is 18.8. The molecule has 0 unspecified atom stereocenters. The van der Waals surface area contributed by atoms with Crippen molar-refractivity contribution in [3.63, 3.8) is 0 Å². The van der Waals surface area contributed by atoms with Gasteiger partial charge in [0.05, 0.1) is 21.2 Å². The molecular weight excluding hydrogens is 677 g/mol. The van der Waals surface area contributed by atoms with Crippen molar-refractivity contribution in [3.8, 4) is 0 Å². The summed E-state index contributed by atoms with van der Waals surface area (Å²) in [4.78, 5) is 56.6. The van der Waals surface area contributed by atoms with Gasteiger partial charge in [-0.15, -0.1) is 35.3 Å². The van der Waals surface area contributed by atoms with Gasteiger partial charge in [0.25, 0.3) is 23.6 Å². The second kappa shape index (κ2) is 12.8. The molecule has 6 nitrogen and oxygen atoms in total. The second-order valence-electron chi connectivity index (χ2n) is 10.2. The normalized spacial score (nSPS) is 19.8. The molecule has 2 aromatic carbocycles. The molecule has 5 aliphatic heterocycles. The predicted molar refractivity (Wildman–Crippen MR) is 189 cm³/mol. The fourth-order valence-electron chi connectivity index (χ4n) is 5.51. The van der Waals surface area contributed by atoms with Gasteiger partial charge in [0.15, 0.2) is 0 Å². The number of hydrogen-bond acceptors (Lipinski definition) is 11. The van der Waals surface area contributed by atoms with Crippen LogP contribution in [0.15, 0.2) is 50.9 Å². The van der Waals surface area contributed by atoms with Crippen molar-refractivity contribution in [2.45, 2.75) is 32.6 Å². The number of unbranched alkanes of at least 4 members (excludes halogenated alkanes) is 3. The molecule has 2 aromatic rings. The molecule has 5 aliphatic rings. The number of carbonyl (C=O) groups excluding carboxylic acids is 4. The van der Waals surface area contributed by atoms with Crippen LogP contribution in [0.2, 0.25) is 0 Å². The Morgan fingerprint density at radius 3 is 1.72 bits per heavy atom. The molecule has 7 rings (SSSR count). The lowest BCUT2D eigenvalue weighted by molar-refractivity contribution is 0.0591. The number of benzene rings is 2. The topological polar surface area (TPSA) is 74.8 Å². The van der Waals surface area contributed by atoms with Gasteiger partial charge in [-0.1, -0.05) is 73.2 Å². The SMILES string of the molecule is CCCCCCN1C(=O)c2ccc3c4c(ccc(c24)C1=O)C(=O)N(CCSC1=CSC(=C2SC4=C(SCCS4)S2)S1)C3=O.